The summed E-state index contributed by atoms with van der Waals surface area (Å²) in [5.74, 6) is -1.09. The van der Waals surface area contributed by atoms with Crippen LogP contribution in [0.25, 0.3) is 10.8 Å². The second-order valence-corrected chi connectivity index (χ2v) is 4.34. The molecule has 0 amide bonds. The highest BCUT2D eigenvalue weighted by Crippen LogP contribution is 2.31. The van der Waals surface area contributed by atoms with E-state index in [1.165, 1.54) is 0 Å². The van der Waals surface area contributed by atoms with Crippen LogP contribution in [0.2, 0.25) is 0 Å². The standard InChI is InChI=1S/C14H10O3/c1-7-3-4-9-8(2)6-11-12(10(9)5-7)14(16)17-13(11)15/h3-6H,1-2H3. The molecule has 0 saturated heterocycles. The Balaban J connectivity index is 2.53. The van der Waals surface area contributed by atoms with E-state index < -0.39 is 11.9 Å². The molecular formula is C14H10O3. The summed E-state index contributed by atoms with van der Waals surface area (Å²) in [5.41, 5.74) is 2.81. The Morgan fingerprint density at radius 3 is 2.47 bits per heavy atom. The van der Waals surface area contributed by atoms with Gasteiger partial charge in [-0.15, -0.1) is 0 Å². The van der Waals surface area contributed by atoms with E-state index in [0.29, 0.717) is 11.1 Å². The van der Waals surface area contributed by atoms with Gasteiger partial charge in [-0.25, -0.2) is 9.59 Å². The molecule has 0 radical (unpaired) electrons. The molecule has 3 nitrogen and oxygen atoms in total. The molecule has 2 aromatic carbocycles. The Bertz CT molecular complexity index is 683. The maximum Gasteiger partial charge on any atom is 0.347 e. The average molecular weight is 226 g/mol. The van der Waals surface area contributed by atoms with Crippen molar-refractivity contribution < 1.29 is 14.3 Å². The third kappa shape index (κ3) is 1.29. The van der Waals surface area contributed by atoms with E-state index in [-0.39, 0.29) is 0 Å². The van der Waals surface area contributed by atoms with Crippen LogP contribution >= 0.6 is 0 Å². The lowest BCUT2D eigenvalue weighted by atomic mass is 9.95. The molecule has 0 spiro atoms. The fraction of sp³-hybridized carbons (Fsp3) is 0.143. The molecule has 0 unspecified atom stereocenters. The number of fused-ring (bicyclic) bond motifs is 3. The van der Waals surface area contributed by atoms with Gasteiger partial charge in [-0.3, -0.25) is 0 Å². The van der Waals surface area contributed by atoms with Crippen molar-refractivity contribution in [3.8, 4) is 0 Å². The van der Waals surface area contributed by atoms with Crippen molar-refractivity contribution in [2.75, 3.05) is 0 Å². The van der Waals surface area contributed by atoms with Crippen LogP contribution in [0.1, 0.15) is 31.8 Å². The van der Waals surface area contributed by atoms with E-state index in [4.69, 9.17) is 0 Å². The maximum absolute atomic E-state index is 11.7. The molecule has 84 valence electrons. The molecule has 3 rings (SSSR count). The number of cyclic esters (lactones) is 2. The lowest BCUT2D eigenvalue weighted by Crippen LogP contribution is -1.97. The van der Waals surface area contributed by atoms with Crippen LogP contribution in [0, 0.1) is 13.8 Å². The molecule has 1 heterocycles. The van der Waals surface area contributed by atoms with Crippen molar-refractivity contribution >= 4 is 22.7 Å². The Hall–Kier alpha value is -2.16. The van der Waals surface area contributed by atoms with Gasteiger partial charge in [-0.05, 0) is 36.2 Å². The molecule has 2 aromatic rings. The van der Waals surface area contributed by atoms with Crippen molar-refractivity contribution in [1.82, 2.24) is 0 Å². The summed E-state index contributed by atoms with van der Waals surface area (Å²) in [6.45, 7) is 3.88. The molecule has 0 aromatic heterocycles. The molecule has 1 aliphatic heterocycles. The normalized spacial score (nSPS) is 14.0. The molecular weight excluding hydrogens is 216 g/mol. The predicted octanol–water partition coefficient (Wildman–Crippen LogP) is 2.77. The Morgan fingerprint density at radius 1 is 0.941 bits per heavy atom. The Morgan fingerprint density at radius 2 is 1.71 bits per heavy atom. The number of aryl methyl sites for hydroxylation is 2. The Labute approximate surface area is 98.0 Å². The monoisotopic (exact) mass is 226 g/mol. The maximum atomic E-state index is 11.7. The minimum absolute atomic E-state index is 0.380. The minimum atomic E-state index is -0.545. The van der Waals surface area contributed by atoms with Gasteiger partial charge in [0.1, 0.15) is 0 Å². The van der Waals surface area contributed by atoms with Gasteiger partial charge in [0.15, 0.2) is 0 Å². The number of hydrogen-bond acceptors (Lipinski definition) is 3. The van der Waals surface area contributed by atoms with Gasteiger partial charge >= 0.3 is 11.9 Å². The van der Waals surface area contributed by atoms with Gasteiger partial charge in [0.05, 0.1) is 11.1 Å². The molecule has 0 saturated carbocycles. The van der Waals surface area contributed by atoms with Gasteiger partial charge in [0.25, 0.3) is 0 Å². The van der Waals surface area contributed by atoms with Gasteiger partial charge in [0, 0.05) is 0 Å². The second-order valence-electron chi connectivity index (χ2n) is 4.34. The third-order valence-electron chi connectivity index (χ3n) is 3.11. The summed E-state index contributed by atoms with van der Waals surface area (Å²) >= 11 is 0. The van der Waals surface area contributed by atoms with Gasteiger partial charge in [-0.2, -0.15) is 0 Å². The predicted molar refractivity (Wildman–Crippen MR) is 63.2 cm³/mol. The van der Waals surface area contributed by atoms with Crippen LogP contribution in [-0.2, 0) is 4.74 Å². The first-order chi connectivity index (χ1) is 8.08. The zero-order chi connectivity index (χ0) is 12.2. The molecule has 3 heteroatoms. The average Bonchev–Trinajstić information content (AvgIpc) is 2.54. The lowest BCUT2D eigenvalue weighted by Gasteiger charge is -2.06. The lowest BCUT2D eigenvalue weighted by molar-refractivity contribution is 0.0444. The first-order valence-electron chi connectivity index (χ1n) is 5.38. The van der Waals surface area contributed by atoms with Gasteiger partial charge in [0.2, 0.25) is 0 Å². The topological polar surface area (TPSA) is 43.4 Å². The molecule has 0 bridgehead atoms. The molecule has 0 aliphatic carbocycles. The molecule has 17 heavy (non-hydrogen) atoms. The van der Waals surface area contributed by atoms with E-state index in [1.807, 2.05) is 32.0 Å². The summed E-state index contributed by atoms with van der Waals surface area (Å²) in [7, 11) is 0. The molecule has 1 aliphatic rings. The molecule has 0 fully saturated rings. The van der Waals surface area contributed by atoms with Crippen molar-refractivity contribution in [1.29, 1.82) is 0 Å². The number of benzene rings is 2. The van der Waals surface area contributed by atoms with Crippen molar-refractivity contribution in [2.45, 2.75) is 13.8 Å². The van der Waals surface area contributed by atoms with Gasteiger partial charge in [-0.1, -0.05) is 23.8 Å². The highest BCUT2D eigenvalue weighted by Gasteiger charge is 2.32. The number of esters is 2. The summed E-state index contributed by atoms with van der Waals surface area (Å²) in [6, 6.07) is 7.60. The van der Waals surface area contributed by atoms with Crippen LogP contribution in [0.15, 0.2) is 24.3 Å². The highest BCUT2D eigenvalue weighted by molar-refractivity contribution is 6.21. The van der Waals surface area contributed by atoms with E-state index in [2.05, 4.69) is 4.74 Å². The molecule has 0 N–H and O–H groups in total. The van der Waals surface area contributed by atoms with Crippen molar-refractivity contribution in [3.63, 3.8) is 0 Å². The Kier molecular flexibility index (Phi) is 1.87. The fourth-order valence-corrected chi connectivity index (χ4v) is 2.29. The summed E-state index contributed by atoms with van der Waals surface area (Å²) in [4.78, 5) is 23.2. The first-order valence-corrected chi connectivity index (χ1v) is 5.38. The third-order valence-corrected chi connectivity index (χ3v) is 3.11. The molecule has 0 atom stereocenters. The van der Waals surface area contributed by atoms with Crippen LogP contribution in [0.5, 0.6) is 0 Å². The number of ether oxygens (including phenoxy) is 1. The van der Waals surface area contributed by atoms with Crippen LogP contribution in [0.4, 0.5) is 0 Å². The van der Waals surface area contributed by atoms with Crippen LogP contribution < -0.4 is 0 Å². The first kappa shape index (κ1) is 10.0. The van der Waals surface area contributed by atoms with E-state index >= 15 is 0 Å². The SMILES string of the molecule is Cc1ccc2c(C)cc3c(c2c1)C(=O)OC3=O. The quantitative estimate of drug-likeness (QED) is 0.512. The van der Waals surface area contributed by atoms with Crippen LogP contribution in [0.3, 0.4) is 0 Å². The highest BCUT2D eigenvalue weighted by atomic mass is 16.6. The summed E-state index contributed by atoms with van der Waals surface area (Å²) in [6.07, 6.45) is 0. The smallest absolute Gasteiger partial charge is 0.347 e. The largest absolute Gasteiger partial charge is 0.386 e. The number of carbonyl (C=O) groups excluding carboxylic acids is 2. The van der Waals surface area contributed by atoms with E-state index in [0.717, 1.165) is 21.9 Å². The number of rotatable bonds is 0. The zero-order valence-electron chi connectivity index (χ0n) is 9.53. The summed E-state index contributed by atoms with van der Waals surface area (Å²) in [5, 5.41) is 1.79. The van der Waals surface area contributed by atoms with Crippen LogP contribution in [-0.4, -0.2) is 11.9 Å². The fourth-order valence-electron chi connectivity index (χ4n) is 2.29. The van der Waals surface area contributed by atoms with Crippen molar-refractivity contribution in [3.05, 3.63) is 46.5 Å². The van der Waals surface area contributed by atoms with E-state index in [9.17, 15) is 9.59 Å². The summed E-state index contributed by atoms with van der Waals surface area (Å²) < 4.78 is 4.66. The second kappa shape index (κ2) is 3.17. The minimum Gasteiger partial charge on any atom is -0.386 e. The van der Waals surface area contributed by atoms with E-state index in [1.54, 1.807) is 6.07 Å². The van der Waals surface area contributed by atoms with Crippen molar-refractivity contribution in [2.24, 2.45) is 0 Å². The number of hydrogen-bond donors (Lipinski definition) is 0. The zero-order valence-corrected chi connectivity index (χ0v) is 9.53. The van der Waals surface area contributed by atoms with Gasteiger partial charge < -0.3 is 4.74 Å². The number of carbonyl (C=O) groups is 2.